The number of likely N-dealkylation sites (N-methyl/N-ethyl adjacent to an activating group) is 1. The van der Waals surface area contributed by atoms with Gasteiger partial charge >= 0.3 is 0 Å². The number of amides is 1. The lowest BCUT2D eigenvalue weighted by Gasteiger charge is -2.45. The molecular weight excluding hydrogens is 226 g/mol. The maximum absolute atomic E-state index is 11.8. The van der Waals surface area contributed by atoms with Crippen LogP contribution in [0.5, 0.6) is 0 Å². The van der Waals surface area contributed by atoms with E-state index in [1.807, 2.05) is 6.92 Å². The maximum atomic E-state index is 11.8. The van der Waals surface area contributed by atoms with Crippen molar-refractivity contribution >= 4 is 5.91 Å². The SMILES string of the molecule is CC[C@H](N)C(=O)NCC1(N(C)C)CCCC(C)C1. The molecule has 0 heterocycles. The number of nitrogens with zero attached hydrogens (tertiary/aromatic N) is 1. The van der Waals surface area contributed by atoms with Gasteiger partial charge < -0.3 is 16.0 Å². The predicted octanol–water partition coefficient (Wildman–Crippen LogP) is 1.35. The van der Waals surface area contributed by atoms with E-state index in [4.69, 9.17) is 5.73 Å². The van der Waals surface area contributed by atoms with Crippen LogP contribution in [0.15, 0.2) is 0 Å². The number of hydrogen-bond donors (Lipinski definition) is 2. The summed E-state index contributed by atoms with van der Waals surface area (Å²) in [5, 5.41) is 3.04. The van der Waals surface area contributed by atoms with Crippen molar-refractivity contribution < 1.29 is 4.79 Å². The van der Waals surface area contributed by atoms with Crippen LogP contribution in [0.2, 0.25) is 0 Å². The molecule has 0 spiro atoms. The normalized spacial score (nSPS) is 30.2. The molecule has 3 atom stereocenters. The summed E-state index contributed by atoms with van der Waals surface area (Å²) < 4.78 is 0. The van der Waals surface area contributed by atoms with Crippen LogP contribution in [0.4, 0.5) is 0 Å². The van der Waals surface area contributed by atoms with Gasteiger partial charge in [-0.1, -0.05) is 26.7 Å². The summed E-state index contributed by atoms with van der Waals surface area (Å²) in [4.78, 5) is 14.1. The Hall–Kier alpha value is -0.610. The van der Waals surface area contributed by atoms with Crippen LogP contribution in [-0.4, -0.2) is 43.0 Å². The van der Waals surface area contributed by atoms with E-state index in [2.05, 4.69) is 31.2 Å². The van der Waals surface area contributed by atoms with Crippen molar-refractivity contribution in [3.8, 4) is 0 Å². The van der Waals surface area contributed by atoms with E-state index in [0.29, 0.717) is 6.42 Å². The number of hydrogen-bond acceptors (Lipinski definition) is 3. The van der Waals surface area contributed by atoms with E-state index in [1.165, 1.54) is 12.8 Å². The molecule has 0 aromatic rings. The van der Waals surface area contributed by atoms with Crippen molar-refractivity contribution in [1.82, 2.24) is 10.2 Å². The molecule has 4 heteroatoms. The summed E-state index contributed by atoms with van der Waals surface area (Å²) >= 11 is 0. The van der Waals surface area contributed by atoms with E-state index in [0.717, 1.165) is 25.3 Å². The average molecular weight is 255 g/mol. The fourth-order valence-corrected chi connectivity index (χ4v) is 2.93. The van der Waals surface area contributed by atoms with E-state index in [1.54, 1.807) is 0 Å². The molecule has 0 aromatic heterocycles. The highest BCUT2D eigenvalue weighted by atomic mass is 16.2. The van der Waals surface area contributed by atoms with Crippen LogP contribution >= 0.6 is 0 Å². The molecule has 0 aromatic carbocycles. The highest BCUT2D eigenvalue weighted by Gasteiger charge is 2.37. The standard InChI is InChI=1S/C14H29N3O/c1-5-12(15)13(18)16-10-14(17(3)4)8-6-7-11(2)9-14/h11-12H,5-10,15H2,1-4H3,(H,16,18)/t11?,12-,14?/m0/s1. The molecule has 106 valence electrons. The summed E-state index contributed by atoms with van der Waals surface area (Å²) in [6, 6.07) is -0.370. The Labute approximate surface area is 111 Å². The molecule has 18 heavy (non-hydrogen) atoms. The van der Waals surface area contributed by atoms with Gasteiger partial charge in [-0.15, -0.1) is 0 Å². The lowest BCUT2D eigenvalue weighted by atomic mass is 9.75. The van der Waals surface area contributed by atoms with E-state index >= 15 is 0 Å². The molecule has 1 aliphatic carbocycles. The second-order valence-corrected chi connectivity index (χ2v) is 6.05. The molecular formula is C14H29N3O. The predicted molar refractivity (Wildman–Crippen MR) is 75.3 cm³/mol. The fraction of sp³-hybridized carbons (Fsp3) is 0.929. The van der Waals surface area contributed by atoms with Crippen molar-refractivity contribution in [2.45, 2.75) is 57.5 Å². The number of nitrogens with one attached hydrogen (secondary N) is 1. The first-order valence-corrected chi connectivity index (χ1v) is 7.12. The third-order valence-electron chi connectivity index (χ3n) is 4.38. The van der Waals surface area contributed by atoms with Gasteiger partial charge in [0.25, 0.3) is 0 Å². The average Bonchev–Trinajstić information content (AvgIpc) is 2.34. The van der Waals surface area contributed by atoms with Gasteiger partial charge in [-0.25, -0.2) is 0 Å². The Morgan fingerprint density at radius 1 is 1.56 bits per heavy atom. The van der Waals surface area contributed by atoms with Crippen molar-refractivity contribution in [2.24, 2.45) is 11.7 Å². The van der Waals surface area contributed by atoms with Crippen molar-refractivity contribution in [3.05, 3.63) is 0 Å². The van der Waals surface area contributed by atoms with Gasteiger partial charge in [0.2, 0.25) is 5.91 Å². The molecule has 1 aliphatic rings. The molecule has 1 rings (SSSR count). The Morgan fingerprint density at radius 3 is 2.72 bits per heavy atom. The van der Waals surface area contributed by atoms with E-state index < -0.39 is 0 Å². The van der Waals surface area contributed by atoms with Gasteiger partial charge in [-0.2, -0.15) is 0 Å². The first-order chi connectivity index (χ1) is 8.41. The van der Waals surface area contributed by atoms with E-state index in [-0.39, 0.29) is 17.5 Å². The van der Waals surface area contributed by atoms with Gasteiger partial charge in [-0.05, 0) is 39.3 Å². The zero-order valence-corrected chi connectivity index (χ0v) is 12.3. The first kappa shape index (κ1) is 15.4. The van der Waals surface area contributed by atoms with Crippen LogP contribution in [0, 0.1) is 5.92 Å². The van der Waals surface area contributed by atoms with Crippen molar-refractivity contribution in [2.75, 3.05) is 20.6 Å². The molecule has 1 fully saturated rings. The highest BCUT2D eigenvalue weighted by molar-refractivity contribution is 5.81. The molecule has 1 saturated carbocycles. The third-order valence-corrected chi connectivity index (χ3v) is 4.38. The lowest BCUT2D eigenvalue weighted by molar-refractivity contribution is -0.123. The molecule has 2 unspecified atom stereocenters. The molecule has 0 saturated heterocycles. The highest BCUT2D eigenvalue weighted by Crippen LogP contribution is 2.35. The van der Waals surface area contributed by atoms with Gasteiger partial charge in [0.15, 0.2) is 0 Å². The van der Waals surface area contributed by atoms with E-state index in [9.17, 15) is 4.79 Å². The van der Waals surface area contributed by atoms with Crippen molar-refractivity contribution in [3.63, 3.8) is 0 Å². The van der Waals surface area contributed by atoms with Crippen LogP contribution < -0.4 is 11.1 Å². The van der Waals surface area contributed by atoms with Gasteiger partial charge in [-0.3, -0.25) is 4.79 Å². The summed E-state index contributed by atoms with van der Waals surface area (Å²) in [7, 11) is 4.23. The minimum Gasteiger partial charge on any atom is -0.353 e. The lowest BCUT2D eigenvalue weighted by Crippen LogP contribution is -2.56. The Bertz CT molecular complexity index is 280. The van der Waals surface area contributed by atoms with Gasteiger partial charge in [0.05, 0.1) is 6.04 Å². The third kappa shape index (κ3) is 3.69. The summed E-state index contributed by atoms with van der Waals surface area (Å²) in [6.07, 6.45) is 5.55. The second kappa shape index (κ2) is 6.53. The largest absolute Gasteiger partial charge is 0.353 e. The topological polar surface area (TPSA) is 58.4 Å². The zero-order chi connectivity index (χ0) is 13.8. The zero-order valence-electron chi connectivity index (χ0n) is 12.3. The minimum absolute atomic E-state index is 0.0167. The number of carbonyl (C=O) groups excluding carboxylic acids is 1. The smallest absolute Gasteiger partial charge is 0.236 e. The Kier molecular flexibility index (Phi) is 5.60. The molecule has 0 bridgehead atoms. The van der Waals surface area contributed by atoms with Crippen LogP contribution in [0.1, 0.15) is 46.0 Å². The monoisotopic (exact) mass is 255 g/mol. The van der Waals surface area contributed by atoms with Gasteiger partial charge in [0.1, 0.15) is 0 Å². The molecule has 1 amide bonds. The summed E-state index contributed by atoms with van der Waals surface area (Å²) in [5.74, 6) is 0.717. The number of nitrogens with two attached hydrogens (primary N) is 1. The Balaban J connectivity index is 2.61. The van der Waals surface area contributed by atoms with Crippen LogP contribution in [0.25, 0.3) is 0 Å². The first-order valence-electron chi connectivity index (χ1n) is 7.12. The molecule has 4 nitrogen and oxygen atoms in total. The maximum Gasteiger partial charge on any atom is 0.236 e. The van der Waals surface area contributed by atoms with Crippen LogP contribution in [0.3, 0.4) is 0 Å². The van der Waals surface area contributed by atoms with Crippen LogP contribution in [-0.2, 0) is 4.79 Å². The fourth-order valence-electron chi connectivity index (χ4n) is 2.93. The summed E-state index contributed by atoms with van der Waals surface area (Å²) in [5.41, 5.74) is 5.86. The molecule has 0 radical (unpaired) electrons. The molecule has 3 N–H and O–H groups in total. The minimum atomic E-state index is -0.370. The molecule has 0 aliphatic heterocycles. The number of rotatable bonds is 5. The van der Waals surface area contributed by atoms with Crippen molar-refractivity contribution in [1.29, 1.82) is 0 Å². The van der Waals surface area contributed by atoms with Gasteiger partial charge in [0, 0.05) is 12.1 Å². The summed E-state index contributed by atoms with van der Waals surface area (Å²) in [6.45, 7) is 4.96. The quantitative estimate of drug-likeness (QED) is 0.779. The Morgan fingerprint density at radius 2 is 2.22 bits per heavy atom. The number of carbonyl (C=O) groups is 1. The second-order valence-electron chi connectivity index (χ2n) is 6.05.